The smallest absolute Gasteiger partial charge is 0.203 e. The Labute approximate surface area is 181 Å². The number of rotatable bonds is 6. The summed E-state index contributed by atoms with van der Waals surface area (Å²) in [5.41, 5.74) is 2.66. The van der Waals surface area contributed by atoms with E-state index in [-0.39, 0.29) is 5.54 Å². The molecule has 0 atom stereocenters. The van der Waals surface area contributed by atoms with Crippen molar-refractivity contribution < 1.29 is 23.7 Å². The minimum absolute atomic E-state index is 0.277. The van der Waals surface area contributed by atoms with Crippen LogP contribution in [0.1, 0.15) is 19.4 Å². The first-order valence-corrected chi connectivity index (χ1v) is 9.90. The predicted molar refractivity (Wildman–Crippen MR) is 117 cm³/mol. The zero-order valence-electron chi connectivity index (χ0n) is 18.9. The normalized spacial score (nSPS) is 13.8. The SMILES string of the molecule is COc1cc2c(cc1OC)-c1nnc(-c3cc(OC)c(OC)c(OC)c3)n1C(C)(C)C2. The Balaban J connectivity index is 1.95. The molecule has 1 aromatic heterocycles. The van der Waals surface area contributed by atoms with Crippen molar-refractivity contribution in [3.63, 3.8) is 0 Å². The number of ether oxygens (including phenoxy) is 5. The lowest BCUT2D eigenvalue weighted by atomic mass is 9.86. The molecule has 0 amide bonds. The van der Waals surface area contributed by atoms with E-state index in [2.05, 4.69) is 28.6 Å². The molecule has 0 bridgehead atoms. The van der Waals surface area contributed by atoms with Crippen molar-refractivity contribution in [1.29, 1.82) is 0 Å². The van der Waals surface area contributed by atoms with E-state index >= 15 is 0 Å². The number of methoxy groups -OCH3 is 5. The fourth-order valence-electron chi connectivity index (χ4n) is 4.25. The zero-order chi connectivity index (χ0) is 22.3. The van der Waals surface area contributed by atoms with Gasteiger partial charge in [-0.15, -0.1) is 10.2 Å². The third-order valence-corrected chi connectivity index (χ3v) is 5.66. The van der Waals surface area contributed by atoms with Gasteiger partial charge in [-0.25, -0.2) is 0 Å². The van der Waals surface area contributed by atoms with Gasteiger partial charge in [0.2, 0.25) is 5.75 Å². The number of fused-ring (bicyclic) bond motifs is 3. The van der Waals surface area contributed by atoms with Gasteiger partial charge in [0.05, 0.1) is 35.5 Å². The van der Waals surface area contributed by atoms with Crippen LogP contribution in [0, 0.1) is 0 Å². The summed E-state index contributed by atoms with van der Waals surface area (Å²) in [4.78, 5) is 0. The first kappa shape index (κ1) is 20.8. The molecule has 8 nitrogen and oxygen atoms in total. The highest BCUT2D eigenvalue weighted by Crippen LogP contribution is 2.46. The summed E-state index contributed by atoms with van der Waals surface area (Å²) >= 11 is 0. The maximum absolute atomic E-state index is 5.53. The van der Waals surface area contributed by atoms with Crippen molar-refractivity contribution in [2.45, 2.75) is 25.8 Å². The highest BCUT2D eigenvalue weighted by molar-refractivity contribution is 5.73. The highest BCUT2D eigenvalue weighted by atomic mass is 16.5. The van der Waals surface area contributed by atoms with E-state index in [9.17, 15) is 0 Å². The van der Waals surface area contributed by atoms with Crippen molar-refractivity contribution in [2.24, 2.45) is 0 Å². The van der Waals surface area contributed by atoms with Gasteiger partial charge in [0.15, 0.2) is 34.6 Å². The van der Waals surface area contributed by atoms with Crippen LogP contribution in [0.5, 0.6) is 28.7 Å². The molecule has 2 aromatic carbocycles. The quantitative estimate of drug-likeness (QED) is 0.592. The second-order valence-electron chi connectivity index (χ2n) is 7.95. The molecular weight excluding hydrogens is 398 g/mol. The Morgan fingerprint density at radius 2 is 1.26 bits per heavy atom. The van der Waals surface area contributed by atoms with E-state index in [4.69, 9.17) is 23.7 Å². The van der Waals surface area contributed by atoms with Gasteiger partial charge < -0.3 is 28.3 Å². The summed E-state index contributed by atoms with van der Waals surface area (Å²) in [5.74, 6) is 4.52. The van der Waals surface area contributed by atoms with Crippen molar-refractivity contribution in [3.8, 4) is 51.5 Å². The van der Waals surface area contributed by atoms with Crippen LogP contribution in [0.4, 0.5) is 0 Å². The first-order chi connectivity index (χ1) is 14.9. The molecule has 1 aliphatic rings. The Bertz CT molecular complexity index is 1110. The lowest BCUT2D eigenvalue weighted by Gasteiger charge is -2.35. The first-order valence-electron chi connectivity index (χ1n) is 9.90. The topological polar surface area (TPSA) is 76.9 Å². The lowest BCUT2D eigenvalue weighted by Crippen LogP contribution is -2.33. The molecule has 0 fully saturated rings. The highest BCUT2D eigenvalue weighted by Gasteiger charge is 2.36. The largest absolute Gasteiger partial charge is 0.493 e. The van der Waals surface area contributed by atoms with Crippen molar-refractivity contribution in [1.82, 2.24) is 14.8 Å². The van der Waals surface area contributed by atoms with Crippen LogP contribution >= 0.6 is 0 Å². The maximum atomic E-state index is 5.53. The molecule has 0 spiro atoms. The third-order valence-electron chi connectivity index (χ3n) is 5.66. The fourth-order valence-corrected chi connectivity index (χ4v) is 4.25. The Hall–Kier alpha value is -3.42. The van der Waals surface area contributed by atoms with Crippen LogP contribution in [-0.2, 0) is 12.0 Å². The van der Waals surface area contributed by atoms with Gasteiger partial charge in [-0.05, 0) is 50.1 Å². The van der Waals surface area contributed by atoms with Crippen LogP contribution in [0.15, 0.2) is 24.3 Å². The maximum Gasteiger partial charge on any atom is 0.203 e. The number of hydrogen-bond acceptors (Lipinski definition) is 7. The van der Waals surface area contributed by atoms with E-state index in [1.165, 1.54) is 0 Å². The standard InChI is InChI=1S/C23H27N3O5/c1-23(2)12-14-10-16(27-3)17(28-4)11-15(14)22-25-24-21(26(22)23)13-8-18(29-5)20(31-7)19(9-13)30-6/h8-11H,12H2,1-7H3. The minimum atomic E-state index is -0.277. The van der Waals surface area contributed by atoms with Gasteiger partial charge in [-0.3, -0.25) is 0 Å². The molecule has 2 heterocycles. The molecule has 8 heteroatoms. The summed E-state index contributed by atoms with van der Waals surface area (Å²) in [6.45, 7) is 4.34. The second kappa shape index (κ2) is 7.68. The molecule has 0 saturated carbocycles. The summed E-state index contributed by atoms with van der Waals surface area (Å²) in [5, 5.41) is 9.11. The molecule has 164 valence electrons. The average molecular weight is 425 g/mol. The van der Waals surface area contributed by atoms with E-state index in [0.29, 0.717) is 28.7 Å². The third kappa shape index (κ3) is 3.22. The van der Waals surface area contributed by atoms with Gasteiger partial charge in [0.1, 0.15) is 0 Å². The van der Waals surface area contributed by atoms with E-state index < -0.39 is 0 Å². The van der Waals surface area contributed by atoms with Crippen molar-refractivity contribution >= 4 is 0 Å². The van der Waals surface area contributed by atoms with E-state index in [1.54, 1.807) is 35.5 Å². The van der Waals surface area contributed by atoms with Gasteiger partial charge in [0.25, 0.3) is 0 Å². The van der Waals surface area contributed by atoms with Crippen LogP contribution in [0.25, 0.3) is 22.8 Å². The molecule has 1 aliphatic heterocycles. The van der Waals surface area contributed by atoms with Gasteiger partial charge in [-0.1, -0.05) is 0 Å². The molecule has 0 aliphatic carbocycles. The van der Waals surface area contributed by atoms with Crippen molar-refractivity contribution in [3.05, 3.63) is 29.8 Å². The zero-order valence-corrected chi connectivity index (χ0v) is 18.9. The number of benzene rings is 2. The summed E-state index contributed by atoms with van der Waals surface area (Å²) in [7, 11) is 8.05. The van der Waals surface area contributed by atoms with Gasteiger partial charge in [-0.2, -0.15) is 0 Å². The molecular formula is C23H27N3O5. The molecule has 4 rings (SSSR count). The Morgan fingerprint density at radius 1 is 0.710 bits per heavy atom. The lowest BCUT2D eigenvalue weighted by molar-refractivity contribution is 0.324. The Kier molecular flexibility index (Phi) is 5.16. The minimum Gasteiger partial charge on any atom is -0.493 e. The van der Waals surface area contributed by atoms with Gasteiger partial charge >= 0.3 is 0 Å². The summed E-state index contributed by atoms with van der Waals surface area (Å²) in [6.07, 6.45) is 0.783. The molecule has 3 aromatic rings. The monoisotopic (exact) mass is 425 g/mol. The molecule has 0 saturated heterocycles. The fraction of sp³-hybridized carbons (Fsp3) is 0.391. The number of aromatic nitrogens is 3. The predicted octanol–water partition coefficient (Wildman–Crippen LogP) is 3.95. The van der Waals surface area contributed by atoms with Crippen molar-refractivity contribution in [2.75, 3.05) is 35.5 Å². The van der Waals surface area contributed by atoms with E-state index in [0.717, 1.165) is 34.8 Å². The molecule has 0 unspecified atom stereocenters. The van der Waals surface area contributed by atoms with E-state index in [1.807, 2.05) is 24.3 Å². The van der Waals surface area contributed by atoms with Gasteiger partial charge in [0, 0.05) is 16.7 Å². The number of hydrogen-bond donors (Lipinski definition) is 0. The average Bonchev–Trinajstić information content (AvgIpc) is 3.23. The molecule has 0 N–H and O–H groups in total. The van der Waals surface area contributed by atoms with Crippen LogP contribution < -0.4 is 23.7 Å². The summed E-state index contributed by atoms with van der Waals surface area (Å²) in [6, 6.07) is 7.76. The summed E-state index contributed by atoms with van der Waals surface area (Å²) < 4.78 is 29.7. The second-order valence-corrected chi connectivity index (χ2v) is 7.95. The van der Waals surface area contributed by atoms with Crippen LogP contribution in [0.3, 0.4) is 0 Å². The van der Waals surface area contributed by atoms with Crippen LogP contribution in [-0.4, -0.2) is 50.3 Å². The molecule has 31 heavy (non-hydrogen) atoms. The molecule has 0 radical (unpaired) electrons. The Morgan fingerprint density at radius 3 is 1.81 bits per heavy atom. The van der Waals surface area contributed by atoms with Crippen LogP contribution in [0.2, 0.25) is 0 Å². The number of nitrogens with zero attached hydrogens (tertiary/aromatic N) is 3.